The summed E-state index contributed by atoms with van der Waals surface area (Å²) >= 11 is 0. The van der Waals surface area contributed by atoms with Gasteiger partial charge in [0.05, 0.1) is 0 Å². The number of benzene rings is 9. The van der Waals surface area contributed by atoms with Crippen molar-refractivity contribution in [2.75, 3.05) is 0 Å². The fraction of sp³-hybridized carbons (Fsp3) is 0.0536. The Labute approximate surface area is 346 Å². The van der Waals surface area contributed by atoms with Crippen LogP contribution in [0.25, 0.3) is 93.4 Å². The molecule has 2 aromatic heterocycles. The van der Waals surface area contributed by atoms with Crippen molar-refractivity contribution in [3.63, 3.8) is 0 Å². The fourth-order valence-electron chi connectivity index (χ4n) is 9.47. The molecule has 60 heavy (non-hydrogen) atoms. The van der Waals surface area contributed by atoms with Gasteiger partial charge in [0.15, 0.2) is 0 Å². The Balaban J connectivity index is 1.01. The van der Waals surface area contributed by atoms with Crippen molar-refractivity contribution in [1.82, 2.24) is 5.32 Å². The Bertz CT molecular complexity index is 3570. The number of fused-ring (bicyclic) bond motifs is 8. The first-order chi connectivity index (χ1) is 29.6. The minimum Gasteiger partial charge on any atom is -0.456 e. The summed E-state index contributed by atoms with van der Waals surface area (Å²) in [4.78, 5) is 5.58. The molecule has 0 saturated heterocycles. The third kappa shape index (κ3) is 5.56. The van der Waals surface area contributed by atoms with Crippen LogP contribution < -0.4 is 5.32 Å². The summed E-state index contributed by atoms with van der Waals surface area (Å²) in [5.74, 6) is 0. The van der Waals surface area contributed by atoms with E-state index in [9.17, 15) is 0 Å². The molecule has 0 bridgehead atoms. The van der Waals surface area contributed by atoms with Gasteiger partial charge >= 0.3 is 0 Å². The molecule has 1 aliphatic rings. The lowest BCUT2D eigenvalue weighted by Gasteiger charge is -2.22. The van der Waals surface area contributed by atoms with Gasteiger partial charge < -0.3 is 14.2 Å². The van der Waals surface area contributed by atoms with Crippen molar-refractivity contribution in [3.05, 3.63) is 210 Å². The number of nitrogens with zero attached hydrogens (tertiary/aromatic N) is 1. The standard InChI is InChI=1S/C56H38N2O2/c1-34-31-48(36-14-3-2-4-15-36)57-56(58-55(34)47-21-12-24-51-54(47)45-19-9-10-22-49(45)59-51)44-30-29-42(40-17-7-8-18-41(40)44)43-20-11-23-50-53(43)46-28-27-39(33-52(46)60-50)38-26-25-35-13-5-6-16-37(35)32-38/h2-30,32-33,56,58H,31H2,1H3. The number of aliphatic imine (C=N–C) groups is 1. The third-order valence-electron chi connectivity index (χ3n) is 12.3. The molecule has 284 valence electrons. The molecule has 0 aliphatic carbocycles. The van der Waals surface area contributed by atoms with E-state index in [0.717, 1.165) is 99.4 Å². The minimum atomic E-state index is -0.362. The highest BCUT2D eigenvalue weighted by atomic mass is 16.3. The summed E-state index contributed by atoms with van der Waals surface area (Å²) in [5, 5.41) is 13.2. The average Bonchev–Trinajstić information content (AvgIpc) is 3.83. The molecule has 1 atom stereocenters. The van der Waals surface area contributed by atoms with Crippen LogP contribution in [0.2, 0.25) is 0 Å². The predicted molar refractivity (Wildman–Crippen MR) is 249 cm³/mol. The molecule has 1 N–H and O–H groups in total. The molecule has 9 aromatic carbocycles. The van der Waals surface area contributed by atoms with Gasteiger partial charge in [0.25, 0.3) is 0 Å². The van der Waals surface area contributed by atoms with Crippen molar-refractivity contribution in [2.24, 2.45) is 4.99 Å². The average molecular weight is 771 g/mol. The monoisotopic (exact) mass is 770 g/mol. The first-order valence-corrected chi connectivity index (χ1v) is 20.6. The summed E-state index contributed by atoms with van der Waals surface area (Å²) in [7, 11) is 0. The number of nitrogens with one attached hydrogen (secondary N) is 1. The smallest absolute Gasteiger partial charge is 0.145 e. The Morgan fingerprint density at radius 2 is 1.08 bits per heavy atom. The van der Waals surface area contributed by atoms with Gasteiger partial charge in [-0.25, -0.2) is 0 Å². The van der Waals surface area contributed by atoms with Crippen molar-refractivity contribution in [2.45, 2.75) is 19.5 Å². The van der Waals surface area contributed by atoms with Crippen LogP contribution in [-0.2, 0) is 0 Å². The van der Waals surface area contributed by atoms with Crippen molar-refractivity contribution in [3.8, 4) is 22.3 Å². The Morgan fingerprint density at radius 3 is 1.93 bits per heavy atom. The van der Waals surface area contributed by atoms with Gasteiger partial charge in [-0.05, 0) is 98.3 Å². The lowest BCUT2D eigenvalue weighted by Crippen LogP contribution is -2.19. The van der Waals surface area contributed by atoms with Gasteiger partial charge in [0.2, 0.25) is 0 Å². The van der Waals surface area contributed by atoms with Gasteiger partial charge in [0.1, 0.15) is 28.5 Å². The third-order valence-corrected chi connectivity index (χ3v) is 12.3. The van der Waals surface area contributed by atoms with Crippen LogP contribution in [0, 0.1) is 0 Å². The van der Waals surface area contributed by atoms with E-state index in [2.05, 4.69) is 188 Å². The number of rotatable bonds is 5. The summed E-state index contributed by atoms with van der Waals surface area (Å²) < 4.78 is 13.0. The normalized spacial score (nSPS) is 14.7. The van der Waals surface area contributed by atoms with Crippen LogP contribution in [0.15, 0.2) is 207 Å². The number of allylic oxidation sites excluding steroid dienone is 1. The number of hydrogen-bond donors (Lipinski definition) is 1. The Hall–Kier alpha value is -7.69. The molecule has 0 saturated carbocycles. The quantitative estimate of drug-likeness (QED) is 0.190. The van der Waals surface area contributed by atoms with Crippen LogP contribution in [0.1, 0.15) is 36.2 Å². The van der Waals surface area contributed by atoms with Crippen molar-refractivity contribution in [1.29, 1.82) is 0 Å². The molecule has 0 amide bonds. The van der Waals surface area contributed by atoms with Crippen LogP contribution >= 0.6 is 0 Å². The van der Waals surface area contributed by atoms with Gasteiger partial charge in [-0.2, -0.15) is 0 Å². The summed E-state index contributed by atoms with van der Waals surface area (Å²) in [6.07, 6.45) is 0.350. The SMILES string of the molecule is CC1=C(c2cccc3oc4ccccc4c23)NC(c2ccc(-c3cccc4oc5cc(-c6ccc7ccccc7c6)ccc5c34)c3ccccc23)N=C(c2ccccc2)C1. The first-order valence-electron chi connectivity index (χ1n) is 20.6. The van der Waals surface area contributed by atoms with Crippen LogP contribution in [0.4, 0.5) is 0 Å². The summed E-state index contributed by atoms with van der Waals surface area (Å²) in [6.45, 7) is 2.23. The highest BCUT2D eigenvalue weighted by Gasteiger charge is 2.26. The molecule has 1 unspecified atom stereocenters. The zero-order valence-corrected chi connectivity index (χ0v) is 32.9. The van der Waals surface area contributed by atoms with E-state index in [1.807, 2.05) is 12.1 Å². The zero-order chi connectivity index (χ0) is 39.7. The molecule has 0 fully saturated rings. The van der Waals surface area contributed by atoms with Gasteiger partial charge in [-0.1, -0.05) is 152 Å². The maximum absolute atomic E-state index is 6.64. The van der Waals surface area contributed by atoms with E-state index >= 15 is 0 Å². The lowest BCUT2D eigenvalue weighted by molar-refractivity contribution is 0.668. The molecule has 4 heteroatoms. The molecule has 12 rings (SSSR count). The highest BCUT2D eigenvalue weighted by Crippen LogP contribution is 2.43. The lowest BCUT2D eigenvalue weighted by atomic mass is 9.91. The second-order valence-electron chi connectivity index (χ2n) is 15.9. The molecular weight excluding hydrogens is 733 g/mol. The largest absolute Gasteiger partial charge is 0.456 e. The van der Waals surface area contributed by atoms with E-state index in [1.165, 1.54) is 21.9 Å². The maximum Gasteiger partial charge on any atom is 0.145 e. The van der Waals surface area contributed by atoms with E-state index in [0.29, 0.717) is 6.42 Å². The highest BCUT2D eigenvalue weighted by molar-refractivity contribution is 6.16. The van der Waals surface area contributed by atoms with E-state index in [1.54, 1.807) is 0 Å². The number of furan rings is 2. The Kier molecular flexibility index (Phi) is 7.85. The van der Waals surface area contributed by atoms with Crippen LogP contribution in [0.5, 0.6) is 0 Å². The molecule has 3 heterocycles. The maximum atomic E-state index is 6.64. The number of para-hydroxylation sites is 1. The number of hydrogen-bond acceptors (Lipinski definition) is 4. The fourth-order valence-corrected chi connectivity index (χ4v) is 9.47. The molecule has 4 nitrogen and oxygen atoms in total. The second-order valence-corrected chi connectivity index (χ2v) is 15.9. The molecule has 11 aromatic rings. The van der Waals surface area contributed by atoms with Gasteiger partial charge in [-0.3, -0.25) is 4.99 Å². The summed E-state index contributed by atoms with van der Waals surface area (Å²) in [5.41, 5.74) is 14.8. The van der Waals surface area contributed by atoms with Gasteiger partial charge in [0, 0.05) is 50.5 Å². The van der Waals surface area contributed by atoms with Gasteiger partial charge in [-0.15, -0.1) is 0 Å². The predicted octanol–water partition coefficient (Wildman–Crippen LogP) is 15.0. The van der Waals surface area contributed by atoms with E-state index in [-0.39, 0.29) is 6.17 Å². The topological polar surface area (TPSA) is 50.7 Å². The second kappa shape index (κ2) is 13.7. The van der Waals surface area contributed by atoms with E-state index < -0.39 is 0 Å². The minimum absolute atomic E-state index is 0.362. The van der Waals surface area contributed by atoms with E-state index in [4.69, 9.17) is 13.8 Å². The van der Waals surface area contributed by atoms with Crippen LogP contribution in [0.3, 0.4) is 0 Å². The molecule has 0 radical (unpaired) electrons. The van der Waals surface area contributed by atoms with Crippen molar-refractivity contribution >= 4 is 76.8 Å². The molecule has 0 spiro atoms. The Morgan fingerprint density at radius 1 is 0.450 bits per heavy atom. The van der Waals surface area contributed by atoms with Crippen molar-refractivity contribution < 1.29 is 8.83 Å². The van der Waals surface area contributed by atoms with Crippen LogP contribution in [-0.4, -0.2) is 5.71 Å². The molecular formula is C56H38N2O2. The first kappa shape index (κ1) is 34.4. The molecule has 1 aliphatic heterocycles. The zero-order valence-electron chi connectivity index (χ0n) is 32.9. The summed E-state index contributed by atoms with van der Waals surface area (Å²) in [6, 6.07) is 66.8.